The average molecular weight is 251 g/mol. The van der Waals surface area contributed by atoms with Gasteiger partial charge in [0.15, 0.2) is 0 Å². The number of ether oxygens (including phenoxy) is 1. The van der Waals surface area contributed by atoms with Gasteiger partial charge in [-0.25, -0.2) is 4.98 Å². The first kappa shape index (κ1) is 12.8. The van der Waals surface area contributed by atoms with E-state index in [1.807, 2.05) is 0 Å². The molecule has 98 valence electrons. The molecule has 18 heavy (non-hydrogen) atoms. The fourth-order valence-corrected chi connectivity index (χ4v) is 2.08. The van der Waals surface area contributed by atoms with Crippen molar-refractivity contribution >= 4 is 5.69 Å². The number of pyridine rings is 1. The van der Waals surface area contributed by atoms with E-state index < -0.39 is 4.92 Å². The van der Waals surface area contributed by atoms with E-state index in [4.69, 9.17) is 4.74 Å². The van der Waals surface area contributed by atoms with Gasteiger partial charge < -0.3 is 10.1 Å². The lowest BCUT2D eigenvalue weighted by Gasteiger charge is -2.09. The lowest BCUT2D eigenvalue weighted by atomic mass is 10.1. The lowest BCUT2D eigenvalue weighted by Crippen LogP contribution is -2.12. The number of hydrogen-bond acceptors (Lipinski definition) is 5. The van der Waals surface area contributed by atoms with Crippen LogP contribution in [-0.2, 0) is 0 Å². The number of rotatable bonds is 5. The van der Waals surface area contributed by atoms with Gasteiger partial charge in [0.2, 0.25) is 5.88 Å². The van der Waals surface area contributed by atoms with Crippen molar-refractivity contribution in [3.05, 3.63) is 27.9 Å². The van der Waals surface area contributed by atoms with Gasteiger partial charge in [0.05, 0.1) is 11.5 Å². The molecule has 1 aliphatic rings. The van der Waals surface area contributed by atoms with E-state index in [2.05, 4.69) is 10.3 Å². The van der Waals surface area contributed by atoms with Crippen molar-refractivity contribution in [3.63, 3.8) is 0 Å². The fourth-order valence-electron chi connectivity index (χ4n) is 2.08. The van der Waals surface area contributed by atoms with Crippen molar-refractivity contribution in [2.75, 3.05) is 19.7 Å². The minimum atomic E-state index is -0.434. The van der Waals surface area contributed by atoms with E-state index in [9.17, 15) is 10.1 Å². The summed E-state index contributed by atoms with van der Waals surface area (Å²) >= 11 is 0. The standard InChI is InChI=1S/C12H17N3O3/c1-9-6-12(14-8-11(9)15(16)17)18-5-3-10-2-4-13-7-10/h6,8,10,13H,2-5,7H2,1H3. The summed E-state index contributed by atoms with van der Waals surface area (Å²) in [4.78, 5) is 14.2. The number of aromatic nitrogens is 1. The van der Waals surface area contributed by atoms with E-state index in [0.29, 0.717) is 24.0 Å². The predicted octanol–water partition coefficient (Wildman–Crippen LogP) is 1.68. The average Bonchev–Trinajstić information content (AvgIpc) is 2.81. The Morgan fingerprint density at radius 2 is 2.50 bits per heavy atom. The molecule has 2 rings (SSSR count). The van der Waals surface area contributed by atoms with Crippen molar-refractivity contribution in [1.82, 2.24) is 10.3 Å². The topological polar surface area (TPSA) is 77.3 Å². The number of nitrogens with zero attached hydrogens (tertiary/aromatic N) is 2. The summed E-state index contributed by atoms with van der Waals surface area (Å²) in [5.41, 5.74) is 0.606. The van der Waals surface area contributed by atoms with Gasteiger partial charge in [0.25, 0.3) is 5.69 Å². The third-order valence-corrected chi connectivity index (χ3v) is 3.19. The number of nitro groups is 1. The number of aryl methyl sites for hydroxylation is 1. The molecule has 2 heterocycles. The second-order valence-corrected chi connectivity index (χ2v) is 4.56. The van der Waals surface area contributed by atoms with Crippen LogP contribution in [0.25, 0.3) is 0 Å². The molecule has 0 saturated carbocycles. The highest BCUT2D eigenvalue weighted by molar-refractivity contribution is 5.39. The van der Waals surface area contributed by atoms with Crippen molar-refractivity contribution in [2.45, 2.75) is 19.8 Å². The normalized spacial score (nSPS) is 18.8. The van der Waals surface area contributed by atoms with Crippen molar-refractivity contribution in [1.29, 1.82) is 0 Å². The Bertz CT molecular complexity index is 431. The first-order valence-electron chi connectivity index (χ1n) is 6.11. The number of nitrogens with one attached hydrogen (secondary N) is 1. The molecule has 0 bridgehead atoms. The summed E-state index contributed by atoms with van der Waals surface area (Å²) in [6.07, 6.45) is 3.43. The SMILES string of the molecule is Cc1cc(OCCC2CCNC2)ncc1[N+](=O)[O-]. The van der Waals surface area contributed by atoms with Gasteiger partial charge >= 0.3 is 0 Å². The van der Waals surface area contributed by atoms with Crippen LogP contribution in [0.1, 0.15) is 18.4 Å². The Morgan fingerprint density at radius 1 is 1.67 bits per heavy atom. The molecule has 1 N–H and O–H groups in total. The Balaban J connectivity index is 1.85. The molecule has 0 radical (unpaired) electrons. The second kappa shape index (κ2) is 5.77. The van der Waals surface area contributed by atoms with Gasteiger partial charge in [-0.05, 0) is 38.8 Å². The van der Waals surface area contributed by atoms with E-state index in [-0.39, 0.29) is 5.69 Å². The molecule has 0 amide bonds. The molecule has 1 aromatic rings. The van der Waals surface area contributed by atoms with Crippen LogP contribution in [-0.4, -0.2) is 29.6 Å². The molecule has 0 aliphatic carbocycles. The maximum absolute atomic E-state index is 10.6. The third-order valence-electron chi connectivity index (χ3n) is 3.19. The zero-order chi connectivity index (χ0) is 13.0. The van der Waals surface area contributed by atoms with Gasteiger partial charge in [0.1, 0.15) is 6.20 Å². The van der Waals surface area contributed by atoms with Crippen LogP contribution in [0, 0.1) is 23.0 Å². The smallest absolute Gasteiger partial charge is 0.290 e. The fraction of sp³-hybridized carbons (Fsp3) is 0.583. The van der Waals surface area contributed by atoms with Gasteiger partial charge in [-0.2, -0.15) is 0 Å². The summed E-state index contributed by atoms with van der Waals surface area (Å²) in [5.74, 6) is 1.13. The molecule has 1 atom stereocenters. The molecule has 1 unspecified atom stereocenters. The van der Waals surface area contributed by atoms with Crippen molar-refractivity contribution < 1.29 is 9.66 Å². The van der Waals surface area contributed by atoms with Crippen LogP contribution in [0.5, 0.6) is 5.88 Å². The molecule has 0 aromatic carbocycles. The van der Waals surface area contributed by atoms with Crippen molar-refractivity contribution in [2.24, 2.45) is 5.92 Å². The van der Waals surface area contributed by atoms with Gasteiger partial charge in [-0.15, -0.1) is 0 Å². The van der Waals surface area contributed by atoms with Crippen LogP contribution in [0.15, 0.2) is 12.3 Å². The van der Waals surface area contributed by atoms with E-state index >= 15 is 0 Å². The third kappa shape index (κ3) is 3.16. The molecule has 1 fully saturated rings. The van der Waals surface area contributed by atoms with Gasteiger partial charge in [-0.1, -0.05) is 0 Å². The second-order valence-electron chi connectivity index (χ2n) is 4.56. The molecular weight excluding hydrogens is 234 g/mol. The van der Waals surface area contributed by atoms with Crippen LogP contribution < -0.4 is 10.1 Å². The maximum Gasteiger partial charge on any atom is 0.290 e. The van der Waals surface area contributed by atoms with Gasteiger partial charge in [-0.3, -0.25) is 10.1 Å². The molecule has 6 heteroatoms. The first-order chi connectivity index (χ1) is 8.66. The van der Waals surface area contributed by atoms with E-state index in [1.54, 1.807) is 13.0 Å². The highest BCUT2D eigenvalue weighted by atomic mass is 16.6. The van der Waals surface area contributed by atoms with Crippen LogP contribution in [0.2, 0.25) is 0 Å². The zero-order valence-electron chi connectivity index (χ0n) is 10.4. The minimum Gasteiger partial charge on any atom is -0.478 e. The summed E-state index contributed by atoms with van der Waals surface area (Å²) in [7, 11) is 0. The van der Waals surface area contributed by atoms with Crippen LogP contribution in [0.4, 0.5) is 5.69 Å². The van der Waals surface area contributed by atoms with Crippen molar-refractivity contribution in [3.8, 4) is 5.88 Å². The predicted molar refractivity (Wildman–Crippen MR) is 66.7 cm³/mol. The monoisotopic (exact) mass is 251 g/mol. The molecule has 0 spiro atoms. The summed E-state index contributed by atoms with van der Waals surface area (Å²) < 4.78 is 5.52. The Labute approximate surface area is 106 Å². The summed E-state index contributed by atoms with van der Waals surface area (Å²) in [6.45, 7) is 4.43. The highest BCUT2D eigenvalue weighted by Crippen LogP contribution is 2.20. The number of hydrogen-bond donors (Lipinski definition) is 1. The zero-order valence-corrected chi connectivity index (χ0v) is 10.4. The molecule has 1 aliphatic heterocycles. The minimum absolute atomic E-state index is 0.0299. The summed E-state index contributed by atoms with van der Waals surface area (Å²) in [6, 6.07) is 1.62. The van der Waals surface area contributed by atoms with Crippen LogP contribution >= 0.6 is 0 Å². The Morgan fingerprint density at radius 3 is 3.11 bits per heavy atom. The highest BCUT2D eigenvalue weighted by Gasteiger charge is 2.15. The lowest BCUT2D eigenvalue weighted by molar-refractivity contribution is -0.385. The van der Waals surface area contributed by atoms with E-state index in [1.165, 1.54) is 12.6 Å². The summed E-state index contributed by atoms with van der Waals surface area (Å²) in [5, 5.41) is 13.9. The molecule has 6 nitrogen and oxygen atoms in total. The maximum atomic E-state index is 10.6. The molecule has 1 aromatic heterocycles. The Hall–Kier alpha value is -1.69. The Kier molecular flexibility index (Phi) is 4.09. The molecule has 1 saturated heterocycles. The van der Waals surface area contributed by atoms with E-state index in [0.717, 1.165) is 19.5 Å². The van der Waals surface area contributed by atoms with Crippen LogP contribution in [0.3, 0.4) is 0 Å². The largest absolute Gasteiger partial charge is 0.478 e. The first-order valence-corrected chi connectivity index (χ1v) is 6.11. The quantitative estimate of drug-likeness (QED) is 0.636. The molecular formula is C12H17N3O3. The van der Waals surface area contributed by atoms with Gasteiger partial charge in [0, 0.05) is 11.6 Å².